The molecule has 0 aromatic carbocycles. The Labute approximate surface area is 74.1 Å². The average molecular weight is 172 g/mol. The molecule has 0 radical (unpaired) electrons. The van der Waals surface area contributed by atoms with Crippen molar-refractivity contribution in [3.63, 3.8) is 0 Å². The molecule has 0 spiro atoms. The molecule has 3 nitrogen and oxygen atoms in total. The number of aliphatic hydroxyl groups is 2. The number of ether oxygens (including phenoxy) is 1. The van der Waals surface area contributed by atoms with E-state index < -0.39 is 11.7 Å². The highest BCUT2D eigenvalue weighted by Crippen LogP contribution is 2.33. The molecule has 0 unspecified atom stereocenters. The highest BCUT2D eigenvalue weighted by molar-refractivity contribution is 6.11. The smallest absolute Gasteiger partial charge is 0.139 e. The van der Waals surface area contributed by atoms with Crippen LogP contribution in [0.25, 0.3) is 0 Å². The summed E-state index contributed by atoms with van der Waals surface area (Å²) in [6, 6.07) is 0.0682. The van der Waals surface area contributed by atoms with Crippen LogP contribution in [-0.4, -0.2) is 42.4 Å². The van der Waals surface area contributed by atoms with Gasteiger partial charge in [-0.3, -0.25) is 0 Å². The molecule has 1 saturated heterocycles. The molecule has 0 amide bonds. The van der Waals surface area contributed by atoms with Crippen molar-refractivity contribution in [1.82, 2.24) is 0 Å². The van der Waals surface area contributed by atoms with Gasteiger partial charge in [0.1, 0.15) is 13.4 Å². The number of hydrogen-bond donors (Lipinski definition) is 2. The van der Waals surface area contributed by atoms with Crippen LogP contribution in [0.5, 0.6) is 0 Å². The first-order chi connectivity index (χ1) is 5.64. The molecular formula is C8H17BO3. The van der Waals surface area contributed by atoms with E-state index in [0.717, 1.165) is 12.8 Å². The van der Waals surface area contributed by atoms with Crippen LogP contribution in [0, 0.1) is 0 Å². The second-order valence-electron chi connectivity index (χ2n) is 3.65. The Morgan fingerprint density at radius 1 is 1.67 bits per heavy atom. The zero-order chi connectivity index (χ0) is 9.19. The minimum Gasteiger partial charge on any atom is -0.393 e. The number of rotatable bonds is 3. The van der Waals surface area contributed by atoms with Crippen LogP contribution in [0.2, 0.25) is 0 Å². The van der Waals surface area contributed by atoms with Gasteiger partial charge in [0, 0.05) is 6.00 Å². The quantitative estimate of drug-likeness (QED) is 0.551. The molecule has 2 N–H and O–H groups in total. The van der Waals surface area contributed by atoms with Crippen LogP contribution in [-0.2, 0) is 4.74 Å². The summed E-state index contributed by atoms with van der Waals surface area (Å²) in [7, 11) is 1.93. The zero-order valence-corrected chi connectivity index (χ0v) is 7.79. The first-order valence-electron chi connectivity index (χ1n) is 4.61. The summed E-state index contributed by atoms with van der Waals surface area (Å²) in [6.45, 7) is 1.95. The summed E-state index contributed by atoms with van der Waals surface area (Å²) >= 11 is 0. The molecule has 12 heavy (non-hydrogen) atoms. The summed E-state index contributed by atoms with van der Waals surface area (Å²) in [4.78, 5) is 0. The van der Waals surface area contributed by atoms with Gasteiger partial charge in [0.25, 0.3) is 0 Å². The lowest BCUT2D eigenvalue weighted by Crippen LogP contribution is -2.43. The maximum atomic E-state index is 9.66. The predicted octanol–water partition coefficient (Wildman–Crippen LogP) is -0.742. The van der Waals surface area contributed by atoms with Gasteiger partial charge in [-0.1, -0.05) is 13.3 Å². The highest BCUT2D eigenvalue weighted by Gasteiger charge is 2.45. The minimum absolute atomic E-state index is 0.0682. The molecule has 0 aromatic rings. The highest BCUT2D eigenvalue weighted by atomic mass is 16.5. The molecule has 1 rings (SSSR count). The van der Waals surface area contributed by atoms with E-state index in [4.69, 9.17) is 9.84 Å². The van der Waals surface area contributed by atoms with Gasteiger partial charge in [-0.15, -0.1) is 0 Å². The van der Waals surface area contributed by atoms with Crippen molar-refractivity contribution in [2.75, 3.05) is 6.61 Å². The van der Waals surface area contributed by atoms with Gasteiger partial charge in [-0.2, -0.15) is 0 Å². The maximum absolute atomic E-state index is 9.66. The van der Waals surface area contributed by atoms with Crippen LogP contribution in [0.15, 0.2) is 0 Å². The SMILES string of the molecule is B[C@H]1C[C@H](O)[C@](CO)(CCC)O1. The van der Waals surface area contributed by atoms with Crippen molar-refractivity contribution in [2.45, 2.75) is 43.9 Å². The van der Waals surface area contributed by atoms with E-state index in [0.29, 0.717) is 6.42 Å². The predicted molar refractivity (Wildman–Crippen MR) is 48.8 cm³/mol. The van der Waals surface area contributed by atoms with Crippen molar-refractivity contribution in [3.05, 3.63) is 0 Å². The van der Waals surface area contributed by atoms with Crippen molar-refractivity contribution < 1.29 is 14.9 Å². The largest absolute Gasteiger partial charge is 0.393 e. The molecule has 0 aliphatic carbocycles. The lowest BCUT2D eigenvalue weighted by molar-refractivity contribution is -0.102. The van der Waals surface area contributed by atoms with Crippen molar-refractivity contribution >= 4 is 7.85 Å². The first-order valence-corrected chi connectivity index (χ1v) is 4.61. The van der Waals surface area contributed by atoms with Crippen molar-refractivity contribution in [3.8, 4) is 0 Å². The minimum atomic E-state index is -0.672. The molecule has 70 valence electrons. The third-order valence-corrected chi connectivity index (χ3v) is 2.54. The summed E-state index contributed by atoms with van der Waals surface area (Å²) in [5.74, 6) is 0. The Balaban J connectivity index is 2.65. The van der Waals surface area contributed by atoms with Gasteiger partial charge in [0.2, 0.25) is 0 Å². The molecule has 3 atom stereocenters. The Hall–Kier alpha value is -0.0551. The Kier molecular flexibility index (Phi) is 3.15. The average Bonchev–Trinajstić information content (AvgIpc) is 2.28. The molecule has 1 heterocycles. The lowest BCUT2D eigenvalue weighted by Gasteiger charge is -2.29. The summed E-state index contributed by atoms with van der Waals surface area (Å²) in [6.07, 6.45) is 1.79. The van der Waals surface area contributed by atoms with Gasteiger partial charge in [0.15, 0.2) is 0 Å². The van der Waals surface area contributed by atoms with Crippen LogP contribution >= 0.6 is 0 Å². The summed E-state index contributed by atoms with van der Waals surface area (Å²) in [5.41, 5.74) is -0.672. The van der Waals surface area contributed by atoms with Crippen molar-refractivity contribution in [1.29, 1.82) is 0 Å². The van der Waals surface area contributed by atoms with E-state index in [9.17, 15) is 5.11 Å². The normalized spacial score (nSPS) is 41.9. The van der Waals surface area contributed by atoms with Crippen LogP contribution in [0.1, 0.15) is 26.2 Å². The van der Waals surface area contributed by atoms with E-state index in [1.165, 1.54) is 0 Å². The fourth-order valence-electron chi connectivity index (χ4n) is 1.93. The topological polar surface area (TPSA) is 49.7 Å². The molecule has 1 aliphatic heterocycles. The van der Waals surface area contributed by atoms with Gasteiger partial charge in [0.05, 0.1) is 12.7 Å². The maximum Gasteiger partial charge on any atom is 0.139 e. The summed E-state index contributed by atoms with van der Waals surface area (Å²) in [5, 5.41) is 18.8. The number of aliphatic hydroxyl groups excluding tert-OH is 2. The monoisotopic (exact) mass is 172 g/mol. The standard InChI is InChI=1S/C8H17BO3/c1-2-3-8(5-10)6(11)4-7(9)12-8/h6-7,10-11H,2-5,9H2,1H3/t6-,7+,8+/m0/s1. The molecule has 0 bridgehead atoms. The van der Waals surface area contributed by atoms with Crippen LogP contribution in [0.3, 0.4) is 0 Å². The van der Waals surface area contributed by atoms with Crippen LogP contribution < -0.4 is 0 Å². The Morgan fingerprint density at radius 2 is 2.33 bits per heavy atom. The van der Waals surface area contributed by atoms with E-state index in [1.807, 2.05) is 14.8 Å². The second-order valence-corrected chi connectivity index (χ2v) is 3.65. The summed E-state index contributed by atoms with van der Waals surface area (Å²) < 4.78 is 5.55. The van der Waals surface area contributed by atoms with Crippen molar-refractivity contribution in [2.24, 2.45) is 0 Å². The molecular weight excluding hydrogens is 155 g/mol. The molecule has 0 aromatic heterocycles. The van der Waals surface area contributed by atoms with E-state index in [1.54, 1.807) is 0 Å². The van der Waals surface area contributed by atoms with E-state index >= 15 is 0 Å². The molecule has 1 aliphatic rings. The molecule has 0 saturated carbocycles. The molecule has 4 heteroatoms. The van der Waals surface area contributed by atoms with Gasteiger partial charge >= 0.3 is 0 Å². The molecule has 1 fully saturated rings. The fraction of sp³-hybridized carbons (Fsp3) is 1.00. The zero-order valence-electron chi connectivity index (χ0n) is 7.79. The van der Waals surface area contributed by atoms with E-state index in [-0.39, 0.29) is 12.6 Å². The lowest BCUT2D eigenvalue weighted by atomic mass is 9.90. The van der Waals surface area contributed by atoms with E-state index in [2.05, 4.69) is 0 Å². The number of hydrogen-bond acceptors (Lipinski definition) is 3. The van der Waals surface area contributed by atoms with Gasteiger partial charge < -0.3 is 14.9 Å². The third kappa shape index (κ3) is 1.65. The van der Waals surface area contributed by atoms with Gasteiger partial charge in [-0.05, 0) is 12.8 Å². The fourth-order valence-corrected chi connectivity index (χ4v) is 1.93. The first kappa shape index (κ1) is 10.0. The second kappa shape index (κ2) is 3.77. The van der Waals surface area contributed by atoms with Gasteiger partial charge in [-0.25, -0.2) is 0 Å². The van der Waals surface area contributed by atoms with Crippen LogP contribution in [0.4, 0.5) is 0 Å². The Morgan fingerprint density at radius 3 is 2.67 bits per heavy atom. The third-order valence-electron chi connectivity index (χ3n) is 2.54. The Bertz CT molecular complexity index is 153.